The maximum absolute atomic E-state index is 12.1. The third-order valence-electron chi connectivity index (χ3n) is 2.80. The molecule has 1 aliphatic heterocycles. The molecule has 1 aliphatic rings. The van der Waals surface area contributed by atoms with Gasteiger partial charge in [0.2, 0.25) is 0 Å². The second-order valence-electron chi connectivity index (χ2n) is 3.85. The zero-order valence-corrected chi connectivity index (χ0v) is 8.92. The van der Waals surface area contributed by atoms with Crippen molar-refractivity contribution in [3.05, 3.63) is 53.9 Å². The molecule has 78 valence electrons. The Balaban J connectivity index is 2.13. The minimum Gasteiger partial charge on any atom is -0.196 e. The quantitative estimate of drug-likeness (QED) is 0.665. The molecule has 16 heavy (non-hydrogen) atoms. The molecule has 0 spiro atoms. The van der Waals surface area contributed by atoms with Crippen molar-refractivity contribution < 1.29 is 9.37 Å². The summed E-state index contributed by atoms with van der Waals surface area (Å²) in [6.07, 6.45) is 1.87. The lowest BCUT2D eigenvalue weighted by atomic mass is 10.3. The summed E-state index contributed by atoms with van der Waals surface area (Å²) < 4.78 is 3.38. The Morgan fingerprint density at radius 2 is 1.81 bits per heavy atom. The Kier molecular flexibility index (Phi) is 1.80. The van der Waals surface area contributed by atoms with Crippen LogP contribution in [0.4, 0.5) is 10.5 Å². The van der Waals surface area contributed by atoms with Crippen molar-refractivity contribution in [2.75, 3.05) is 0 Å². The van der Waals surface area contributed by atoms with Crippen molar-refractivity contribution in [2.24, 2.45) is 0 Å². The van der Waals surface area contributed by atoms with Gasteiger partial charge >= 0.3 is 6.03 Å². The van der Waals surface area contributed by atoms with E-state index in [1.54, 1.807) is 9.14 Å². The standard InChI is InChI=1S/C13H11N2O/c1-10-7-8-12-9-14(13(16)15(10)12)11-5-3-2-4-6-11/h2-9H,1H3/q+1. The molecule has 2 heterocycles. The van der Waals surface area contributed by atoms with Crippen LogP contribution in [0.1, 0.15) is 11.4 Å². The summed E-state index contributed by atoms with van der Waals surface area (Å²) in [6.45, 7) is 1.93. The lowest BCUT2D eigenvalue weighted by Crippen LogP contribution is -2.17. The van der Waals surface area contributed by atoms with E-state index in [9.17, 15) is 4.79 Å². The molecule has 3 nitrogen and oxygen atoms in total. The molecule has 0 radical (unpaired) electrons. The first kappa shape index (κ1) is 9.09. The Morgan fingerprint density at radius 1 is 1.06 bits per heavy atom. The van der Waals surface area contributed by atoms with Crippen LogP contribution < -0.4 is 0 Å². The zero-order chi connectivity index (χ0) is 11.1. The first-order valence-electron chi connectivity index (χ1n) is 5.19. The predicted molar refractivity (Wildman–Crippen MR) is 61.5 cm³/mol. The van der Waals surface area contributed by atoms with Crippen LogP contribution in [0.2, 0.25) is 0 Å². The molecule has 0 fully saturated rings. The van der Waals surface area contributed by atoms with Gasteiger partial charge in [-0.3, -0.25) is 0 Å². The summed E-state index contributed by atoms with van der Waals surface area (Å²) in [7, 11) is 0. The average molecular weight is 211 g/mol. The van der Waals surface area contributed by atoms with Crippen LogP contribution in [-0.4, -0.2) is 21.4 Å². The van der Waals surface area contributed by atoms with E-state index in [1.807, 2.05) is 55.6 Å². The van der Waals surface area contributed by atoms with E-state index in [1.165, 1.54) is 0 Å². The average Bonchev–Trinajstić information content (AvgIpc) is 2.83. The Bertz CT molecular complexity index is 594. The van der Waals surface area contributed by atoms with Gasteiger partial charge in [0.1, 0.15) is 17.6 Å². The third-order valence-corrected chi connectivity index (χ3v) is 2.80. The monoisotopic (exact) mass is 211 g/mol. The van der Waals surface area contributed by atoms with Gasteiger partial charge in [0, 0.05) is 0 Å². The highest BCUT2D eigenvalue weighted by Crippen LogP contribution is 2.19. The van der Waals surface area contributed by atoms with Gasteiger partial charge in [0.15, 0.2) is 5.69 Å². The number of carbonyl (C=O) groups excluding carboxylic acids is 1. The minimum atomic E-state index is -0.0105. The maximum Gasteiger partial charge on any atom is 0.508 e. The molecule has 3 heteroatoms. The largest absolute Gasteiger partial charge is 0.508 e. The summed E-state index contributed by atoms with van der Waals surface area (Å²) in [4.78, 5) is 12.1. The molecule has 1 aromatic carbocycles. The predicted octanol–water partition coefficient (Wildman–Crippen LogP) is 2.54. The molecule has 3 rings (SSSR count). The fraction of sp³-hybridized carbons (Fsp3) is 0.0769. The van der Waals surface area contributed by atoms with Crippen LogP contribution >= 0.6 is 0 Å². The number of carbonyl (C=O) groups is 1. The molecule has 0 saturated carbocycles. The minimum absolute atomic E-state index is 0.0105. The van der Waals surface area contributed by atoms with Gasteiger partial charge in [0.25, 0.3) is 0 Å². The maximum atomic E-state index is 12.1. The number of benzene rings is 1. The van der Waals surface area contributed by atoms with Crippen LogP contribution in [0.15, 0.2) is 42.5 Å². The first-order chi connectivity index (χ1) is 7.77. The zero-order valence-electron chi connectivity index (χ0n) is 8.92. The van der Waals surface area contributed by atoms with E-state index in [2.05, 4.69) is 0 Å². The van der Waals surface area contributed by atoms with Gasteiger partial charge in [0.05, 0.1) is 0 Å². The number of aromatic nitrogens is 1. The molecule has 0 bridgehead atoms. The third kappa shape index (κ3) is 1.15. The van der Waals surface area contributed by atoms with Gasteiger partial charge in [-0.1, -0.05) is 18.2 Å². The van der Waals surface area contributed by atoms with E-state index in [0.717, 1.165) is 17.1 Å². The van der Waals surface area contributed by atoms with Crippen molar-refractivity contribution in [2.45, 2.75) is 6.92 Å². The fourth-order valence-corrected chi connectivity index (χ4v) is 1.99. The topological polar surface area (TPSA) is 25.0 Å². The number of nitrogens with zero attached hydrogens (tertiary/aromatic N) is 2. The normalized spacial score (nSPS) is 13.8. The molecule has 0 saturated heterocycles. The van der Waals surface area contributed by atoms with Gasteiger partial charge in [-0.25, -0.2) is 0 Å². The van der Waals surface area contributed by atoms with Crippen LogP contribution in [-0.2, 0) is 0 Å². The summed E-state index contributed by atoms with van der Waals surface area (Å²) in [5.41, 5.74) is 2.80. The molecule has 2 aromatic rings. The molecule has 1 amide bonds. The van der Waals surface area contributed by atoms with Crippen molar-refractivity contribution in [3.63, 3.8) is 0 Å². The number of aryl methyl sites for hydroxylation is 1. The molecule has 1 aromatic heterocycles. The van der Waals surface area contributed by atoms with E-state index in [4.69, 9.17) is 0 Å². The van der Waals surface area contributed by atoms with Gasteiger partial charge in [-0.05, 0) is 31.2 Å². The van der Waals surface area contributed by atoms with Crippen LogP contribution in [0, 0.1) is 6.92 Å². The highest BCUT2D eigenvalue weighted by atomic mass is 16.2. The summed E-state index contributed by atoms with van der Waals surface area (Å²) in [6, 6.07) is 13.5. The highest BCUT2D eigenvalue weighted by molar-refractivity contribution is 5.92. The lowest BCUT2D eigenvalue weighted by molar-refractivity contribution is -0.321. The summed E-state index contributed by atoms with van der Waals surface area (Å²) in [5.74, 6) is 0. The number of amides is 1. The number of hydrogen-bond acceptors (Lipinski definition) is 1. The number of hydrogen-bond donors (Lipinski definition) is 0. The first-order valence-corrected chi connectivity index (χ1v) is 5.19. The van der Waals surface area contributed by atoms with E-state index < -0.39 is 0 Å². The van der Waals surface area contributed by atoms with Crippen molar-refractivity contribution in [3.8, 4) is 0 Å². The molecule has 0 atom stereocenters. The SMILES string of the molecule is Cc1ccc2n1C(=O)[N+](c1ccccc1)=C2. The number of fused-ring (bicyclic) bond motifs is 1. The molecule has 0 unspecified atom stereocenters. The van der Waals surface area contributed by atoms with Gasteiger partial charge in [-0.15, -0.1) is 0 Å². The molecular weight excluding hydrogens is 200 g/mol. The number of rotatable bonds is 1. The molecular formula is C13H11N2O+. The second-order valence-corrected chi connectivity index (χ2v) is 3.85. The van der Waals surface area contributed by atoms with Crippen LogP contribution in [0.5, 0.6) is 0 Å². The molecule has 0 N–H and O–H groups in total. The Morgan fingerprint density at radius 3 is 2.50 bits per heavy atom. The van der Waals surface area contributed by atoms with Gasteiger partial charge < -0.3 is 0 Å². The smallest absolute Gasteiger partial charge is 0.196 e. The molecule has 0 aliphatic carbocycles. The highest BCUT2D eigenvalue weighted by Gasteiger charge is 2.32. The summed E-state index contributed by atoms with van der Waals surface area (Å²) >= 11 is 0. The summed E-state index contributed by atoms with van der Waals surface area (Å²) in [5, 5.41) is 0. The fourth-order valence-electron chi connectivity index (χ4n) is 1.99. The van der Waals surface area contributed by atoms with Gasteiger partial charge in [-0.2, -0.15) is 13.9 Å². The van der Waals surface area contributed by atoms with Crippen molar-refractivity contribution in [1.29, 1.82) is 0 Å². The lowest BCUT2D eigenvalue weighted by Gasteiger charge is -1.97. The van der Waals surface area contributed by atoms with E-state index in [-0.39, 0.29) is 6.03 Å². The van der Waals surface area contributed by atoms with E-state index in [0.29, 0.717) is 0 Å². The van der Waals surface area contributed by atoms with Crippen molar-refractivity contribution in [1.82, 2.24) is 4.57 Å². The Labute approximate surface area is 93.3 Å². The van der Waals surface area contributed by atoms with Crippen molar-refractivity contribution >= 4 is 17.9 Å². The van der Waals surface area contributed by atoms with Crippen LogP contribution in [0.3, 0.4) is 0 Å². The number of para-hydroxylation sites is 1. The van der Waals surface area contributed by atoms with Crippen LogP contribution in [0.25, 0.3) is 0 Å². The van der Waals surface area contributed by atoms with E-state index >= 15 is 0 Å². The second kappa shape index (κ2) is 3.17. The Hall–Kier alpha value is -2.16.